The molecule has 1 aromatic carbocycles. The first-order valence-electron chi connectivity index (χ1n) is 5.92. The summed E-state index contributed by atoms with van der Waals surface area (Å²) in [6, 6.07) is 7.39. The molecule has 18 heavy (non-hydrogen) atoms. The highest BCUT2D eigenvalue weighted by molar-refractivity contribution is 6.30. The molecule has 4 nitrogen and oxygen atoms in total. The van der Waals surface area contributed by atoms with Gasteiger partial charge >= 0.3 is 0 Å². The van der Waals surface area contributed by atoms with Gasteiger partial charge in [0.25, 0.3) is 5.91 Å². The second-order valence-corrected chi connectivity index (χ2v) is 4.81. The van der Waals surface area contributed by atoms with Crippen molar-refractivity contribution in [2.75, 3.05) is 19.7 Å². The van der Waals surface area contributed by atoms with Crippen LogP contribution in [0.1, 0.15) is 18.6 Å². The summed E-state index contributed by atoms with van der Waals surface area (Å²) in [5, 5.41) is 9.99. The Labute approximate surface area is 111 Å². The molecule has 5 heteroatoms. The summed E-state index contributed by atoms with van der Waals surface area (Å²) < 4.78 is 5.65. The van der Waals surface area contributed by atoms with Gasteiger partial charge in [-0.05, 0) is 24.6 Å². The number of aliphatic hydroxyl groups excluding tert-OH is 1. The van der Waals surface area contributed by atoms with Gasteiger partial charge in [0.15, 0.2) is 0 Å². The third-order valence-corrected chi connectivity index (χ3v) is 3.23. The van der Waals surface area contributed by atoms with Crippen molar-refractivity contribution in [3.63, 3.8) is 0 Å². The van der Waals surface area contributed by atoms with Crippen LogP contribution in [0, 0.1) is 0 Å². The molecule has 1 aliphatic rings. The predicted molar refractivity (Wildman–Crippen MR) is 68.4 cm³/mol. The number of hydrogen-bond donors (Lipinski definition) is 1. The Morgan fingerprint density at radius 1 is 1.50 bits per heavy atom. The molecule has 1 heterocycles. The van der Waals surface area contributed by atoms with Crippen LogP contribution >= 0.6 is 11.6 Å². The summed E-state index contributed by atoms with van der Waals surface area (Å²) in [5.41, 5.74) is 0.988. The zero-order valence-electron chi connectivity index (χ0n) is 10.2. The van der Waals surface area contributed by atoms with E-state index < -0.39 is 6.10 Å². The molecule has 0 radical (unpaired) electrons. The molecule has 2 unspecified atom stereocenters. The van der Waals surface area contributed by atoms with E-state index in [-0.39, 0.29) is 12.0 Å². The number of rotatable bonds is 2. The fourth-order valence-electron chi connectivity index (χ4n) is 1.99. The third-order valence-electron chi connectivity index (χ3n) is 2.98. The summed E-state index contributed by atoms with van der Waals surface area (Å²) in [7, 11) is 0. The molecule has 2 rings (SSSR count). The SMILES string of the molecule is CC(O)C(=O)N1CCOC(c2ccc(Cl)cc2)C1. The normalized spacial score (nSPS) is 21.7. The van der Waals surface area contributed by atoms with Gasteiger partial charge in [0.05, 0.1) is 13.2 Å². The summed E-state index contributed by atoms with van der Waals surface area (Å²) >= 11 is 5.83. The number of ether oxygens (including phenoxy) is 1. The van der Waals surface area contributed by atoms with Gasteiger partial charge in [-0.15, -0.1) is 0 Å². The van der Waals surface area contributed by atoms with Crippen LogP contribution in [0.25, 0.3) is 0 Å². The fourth-order valence-corrected chi connectivity index (χ4v) is 2.12. The van der Waals surface area contributed by atoms with Crippen molar-refractivity contribution < 1.29 is 14.6 Å². The largest absolute Gasteiger partial charge is 0.384 e. The number of morpholine rings is 1. The zero-order valence-corrected chi connectivity index (χ0v) is 10.9. The first-order valence-corrected chi connectivity index (χ1v) is 6.29. The Morgan fingerprint density at radius 3 is 2.78 bits per heavy atom. The van der Waals surface area contributed by atoms with Crippen molar-refractivity contribution in [3.8, 4) is 0 Å². The minimum Gasteiger partial charge on any atom is -0.384 e. The Balaban J connectivity index is 2.07. The molecular formula is C13H16ClNO3. The number of amides is 1. The van der Waals surface area contributed by atoms with E-state index in [0.717, 1.165) is 5.56 Å². The van der Waals surface area contributed by atoms with Crippen molar-refractivity contribution in [3.05, 3.63) is 34.9 Å². The molecule has 1 aromatic rings. The van der Waals surface area contributed by atoms with Crippen LogP contribution in [-0.4, -0.2) is 41.7 Å². The van der Waals surface area contributed by atoms with E-state index in [1.165, 1.54) is 6.92 Å². The van der Waals surface area contributed by atoms with Gasteiger partial charge in [-0.2, -0.15) is 0 Å². The molecule has 1 amide bonds. The van der Waals surface area contributed by atoms with Gasteiger partial charge in [-0.1, -0.05) is 23.7 Å². The Morgan fingerprint density at radius 2 is 2.17 bits per heavy atom. The molecular weight excluding hydrogens is 254 g/mol. The minimum atomic E-state index is -0.964. The van der Waals surface area contributed by atoms with Crippen LogP contribution < -0.4 is 0 Å². The van der Waals surface area contributed by atoms with Crippen molar-refractivity contribution in [2.24, 2.45) is 0 Å². The van der Waals surface area contributed by atoms with Crippen LogP contribution in [0.4, 0.5) is 0 Å². The van der Waals surface area contributed by atoms with Gasteiger partial charge in [0.2, 0.25) is 0 Å². The average Bonchev–Trinajstić information content (AvgIpc) is 2.38. The van der Waals surface area contributed by atoms with Gasteiger partial charge in [0, 0.05) is 11.6 Å². The number of benzene rings is 1. The topological polar surface area (TPSA) is 49.8 Å². The molecule has 0 spiro atoms. The average molecular weight is 270 g/mol. The van der Waals surface area contributed by atoms with E-state index >= 15 is 0 Å². The molecule has 1 aliphatic heterocycles. The van der Waals surface area contributed by atoms with E-state index in [4.69, 9.17) is 16.3 Å². The molecule has 1 N–H and O–H groups in total. The quantitative estimate of drug-likeness (QED) is 0.888. The summed E-state index contributed by atoms with van der Waals surface area (Å²) in [5.74, 6) is -0.253. The Kier molecular flexibility index (Phi) is 4.22. The molecule has 0 aromatic heterocycles. The zero-order chi connectivity index (χ0) is 13.1. The van der Waals surface area contributed by atoms with Crippen LogP contribution in [-0.2, 0) is 9.53 Å². The van der Waals surface area contributed by atoms with E-state index in [9.17, 15) is 9.90 Å². The lowest BCUT2D eigenvalue weighted by Gasteiger charge is -2.33. The maximum absolute atomic E-state index is 11.7. The molecule has 1 fully saturated rings. The lowest BCUT2D eigenvalue weighted by molar-refractivity contribution is -0.147. The smallest absolute Gasteiger partial charge is 0.251 e. The van der Waals surface area contributed by atoms with E-state index in [0.29, 0.717) is 24.7 Å². The maximum Gasteiger partial charge on any atom is 0.251 e. The highest BCUT2D eigenvalue weighted by atomic mass is 35.5. The van der Waals surface area contributed by atoms with Gasteiger partial charge in [0.1, 0.15) is 12.2 Å². The predicted octanol–water partition coefficient (Wildman–Crippen LogP) is 1.62. The van der Waals surface area contributed by atoms with Crippen molar-refractivity contribution in [2.45, 2.75) is 19.1 Å². The first kappa shape index (κ1) is 13.3. The number of aliphatic hydroxyl groups is 1. The van der Waals surface area contributed by atoms with Gasteiger partial charge < -0.3 is 14.7 Å². The monoisotopic (exact) mass is 269 g/mol. The molecule has 1 saturated heterocycles. The lowest BCUT2D eigenvalue weighted by Crippen LogP contribution is -2.45. The van der Waals surface area contributed by atoms with E-state index in [1.807, 2.05) is 12.1 Å². The Bertz CT molecular complexity index is 419. The molecule has 0 saturated carbocycles. The third kappa shape index (κ3) is 3.02. The first-order chi connectivity index (χ1) is 8.58. The van der Waals surface area contributed by atoms with Crippen molar-refractivity contribution in [1.82, 2.24) is 4.90 Å². The van der Waals surface area contributed by atoms with Crippen LogP contribution in [0.15, 0.2) is 24.3 Å². The van der Waals surface area contributed by atoms with E-state index in [1.54, 1.807) is 17.0 Å². The summed E-state index contributed by atoms with van der Waals surface area (Å²) in [6.07, 6.45) is -1.12. The van der Waals surface area contributed by atoms with Crippen molar-refractivity contribution in [1.29, 1.82) is 0 Å². The van der Waals surface area contributed by atoms with E-state index in [2.05, 4.69) is 0 Å². The number of carbonyl (C=O) groups is 1. The second kappa shape index (κ2) is 5.69. The molecule has 98 valence electrons. The maximum atomic E-state index is 11.7. The van der Waals surface area contributed by atoms with Crippen LogP contribution in [0.3, 0.4) is 0 Å². The fraction of sp³-hybridized carbons (Fsp3) is 0.462. The highest BCUT2D eigenvalue weighted by Crippen LogP contribution is 2.23. The number of hydrogen-bond acceptors (Lipinski definition) is 3. The number of nitrogens with zero attached hydrogens (tertiary/aromatic N) is 1. The van der Waals surface area contributed by atoms with Crippen LogP contribution in [0.2, 0.25) is 5.02 Å². The number of halogens is 1. The summed E-state index contributed by atoms with van der Waals surface area (Å²) in [4.78, 5) is 13.4. The standard InChI is InChI=1S/C13H16ClNO3/c1-9(16)13(17)15-6-7-18-12(8-15)10-2-4-11(14)5-3-10/h2-5,9,12,16H,6-8H2,1H3. The lowest BCUT2D eigenvalue weighted by atomic mass is 10.1. The Hall–Kier alpha value is -1.10. The highest BCUT2D eigenvalue weighted by Gasteiger charge is 2.27. The minimum absolute atomic E-state index is 0.154. The van der Waals surface area contributed by atoms with Gasteiger partial charge in [-0.25, -0.2) is 0 Å². The summed E-state index contributed by atoms with van der Waals surface area (Å²) in [6.45, 7) is 2.94. The molecule has 0 bridgehead atoms. The molecule has 0 aliphatic carbocycles. The number of carbonyl (C=O) groups excluding carboxylic acids is 1. The van der Waals surface area contributed by atoms with Crippen molar-refractivity contribution >= 4 is 17.5 Å². The van der Waals surface area contributed by atoms with Crippen LogP contribution in [0.5, 0.6) is 0 Å². The molecule has 2 atom stereocenters. The van der Waals surface area contributed by atoms with Gasteiger partial charge in [-0.3, -0.25) is 4.79 Å². The second-order valence-electron chi connectivity index (χ2n) is 4.37.